The molecule has 1 atom stereocenters. The number of aliphatic hydroxyl groups is 1. The molecule has 2 N–H and O–H groups in total. The molecule has 3 nitrogen and oxygen atoms in total. The van der Waals surface area contributed by atoms with Gasteiger partial charge < -0.3 is 10.1 Å². The van der Waals surface area contributed by atoms with Gasteiger partial charge in [0, 0.05) is 12.4 Å². The molecule has 0 bridgehead atoms. The number of hydrogen-bond donors (Lipinski definition) is 2. The zero-order chi connectivity index (χ0) is 13.0. The zero-order valence-corrected chi connectivity index (χ0v) is 11.0. The number of nitrogens with one attached hydrogen (secondary N) is 1. The maximum absolute atomic E-state index is 9.93. The average molecular weight is 244 g/mol. The fraction of sp³-hybridized carbons (Fsp3) is 0.400. The lowest BCUT2D eigenvalue weighted by molar-refractivity contribution is 0.156. The smallest absolute Gasteiger partial charge is 0.134 e. The second-order valence-electron chi connectivity index (χ2n) is 4.75. The molecular weight excluding hydrogens is 224 g/mol. The van der Waals surface area contributed by atoms with Crippen LogP contribution in [0.15, 0.2) is 30.6 Å². The van der Waals surface area contributed by atoms with Gasteiger partial charge in [-0.1, -0.05) is 18.2 Å². The minimum Gasteiger partial charge on any atom is -0.385 e. The first-order valence-corrected chi connectivity index (χ1v) is 6.41. The van der Waals surface area contributed by atoms with E-state index in [1.54, 1.807) is 12.4 Å². The van der Waals surface area contributed by atoms with E-state index in [0.717, 1.165) is 19.3 Å². The first-order chi connectivity index (χ1) is 8.68. The fourth-order valence-corrected chi connectivity index (χ4v) is 2.31. The minimum atomic E-state index is -0.482. The first-order valence-electron chi connectivity index (χ1n) is 6.41. The number of nitrogens with zero attached hydrogens (tertiary/aromatic N) is 1. The second-order valence-corrected chi connectivity index (χ2v) is 4.75. The van der Waals surface area contributed by atoms with Crippen LogP contribution in [0.5, 0.6) is 0 Å². The third-order valence-corrected chi connectivity index (χ3v) is 3.38. The minimum absolute atomic E-state index is 0.482. The maximum atomic E-state index is 9.93. The van der Waals surface area contributed by atoms with Crippen LogP contribution in [0.2, 0.25) is 0 Å². The van der Waals surface area contributed by atoms with Crippen LogP contribution in [0.4, 0.5) is 0 Å². The number of aromatic amines is 1. The first kappa shape index (κ1) is 12.8. The summed E-state index contributed by atoms with van der Waals surface area (Å²) in [5, 5.41) is 9.93. The third-order valence-electron chi connectivity index (χ3n) is 3.38. The van der Waals surface area contributed by atoms with E-state index in [0.29, 0.717) is 5.82 Å². The molecule has 0 saturated carbocycles. The van der Waals surface area contributed by atoms with Crippen molar-refractivity contribution in [2.45, 2.75) is 39.2 Å². The van der Waals surface area contributed by atoms with Crippen molar-refractivity contribution in [3.8, 4) is 0 Å². The van der Waals surface area contributed by atoms with Crippen molar-refractivity contribution >= 4 is 0 Å². The predicted molar refractivity (Wildman–Crippen MR) is 72.4 cm³/mol. The number of aromatic nitrogens is 2. The van der Waals surface area contributed by atoms with Crippen molar-refractivity contribution in [1.82, 2.24) is 9.97 Å². The molecule has 0 amide bonds. The fourth-order valence-electron chi connectivity index (χ4n) is 2.31. The highest BCUT2D eigenvalue weighted by Gasteiger charge is 2.10. The van der Waals surface area contributed by atoms with Gasteiger partial charge in [-0.05, 0) is 49.8 Å². The molecule has 0 saturated heterocycles. The summed E-state index contributed by atoms with van der Waals surface area (Å²) in [6.07, 6.45) is 5.64. The highest BCUT2D eigenvalue weighted by atomic mass is 16.3. The Labute approximate surface area is 108 Å². The third kappa shape index (κ3) is 2.99. The number of imidazole rings is 1. The van der Waals surface area contributed by atoms with E-state index >= 15 is 0 Å². The number of H-pyrrole nitrogens is 1. The van der Waals surface area contributed by atoms with E-state index < -0.39 is 6.10 Å². The van der Waals surface area contributed by atoms with Gasteiger partial charge in [-0.2, -0.15) is 0 Å². The van der Waals surface area contributed by atoms with Crippen molar-refractivity contribution in [3.63, 3.8) is 0 Å². The molecule has 0 spiro atoms. The molecule has 1 unspecified atom stereocenters. The monoisotopic (exact) mass is 244 g/mol. The van der Waals surface area contributed by atoms with Crippen molar-refractivity contribution in [1.29, 1.82) is 0 Å². The summed E-state index contributed by atoms with van der Waals surface area (Å²) in [7, 11) is 0. The van der Waals surface area contributed by atoms with E-state index in [2.05, 4.69) is 42.0 Å². The predicted octanol–water partition coefficient (Wildman–Crippen LogP) is 3.08. The molecule has 0 radical (unpaired) electrons. The molecule has 0 aliphatic carbocycles. The van der Waals surface area contributed by atoms with E-state index in [-0.39, 0.29) is 0 Å². The highest BCUT2D eigenvalue weighted by molar-refractivity contribution is 5.33. The number of aliphatic hydroxyl groups excluding tert-OH is 1. The van der Waals surface area contributed by atoms with Gasteiger partial charge >= 0.3 is 0 Å². The Morgan fingerprint density at radius 1 is 1.28 bits per heavy atom. The number of rotatable bonds is 5. The maximum Gasteiger partial charge on any atom is 0.134 e. The number of hydrogen-bond acceptors (Lipinski definition) is 2. The lowest BCUT2D eigenvalue weighted by atomic mass is 9.97. The van der Waals surface area contributed by atoms with Crippen LogP contribution in [-0.4, -0.2) is 15.1 Å². The molecule has 1 aromatic carbocycles. The van der Waals surface area contributed by atoms with E-state index in [4.69, 9.17) is 0 Å². The molecule has 0 fully saturated rings. The van der Waals surface area contributed by atoms with E-state index in [9.17, 15) is 5.11 Å². The average Bonchev–Trinajstić information content (AvgIpc) is 2.86. The normalized spacial score (nSPS) is 12.6. The molecule has 1 aromatic heterocycles. The highest BCUT2D eigenvalue weighted by Crippen LogP contribution is 2.19. The van der Waals surface area contributed by atoms with Crippen LogP contribution >= 0.6 is 0 Å². The number of benzene rings is 1. The summed E-state index contributed by atoms with van der Waals surface area (Å²) in [6, 6.07) is 6.38. The van der Waals surface area contributed by atoms with Crippen LogP contribution in [0.25, 0.3) is 0 Å². The van der Waals surface area contributed by atoms with E-state index in [1.165, 1.54) is 16.7 Å². The Hall–Kier alpha value is -1.61. The van der Waals surface area contributed by atoms with Gasteiger partial charge in [-0.3, -0.25) is 0 Å². The Kier molecular flexibility index (Phi) is 4.15. The van der Waals surface area contributed by atoms with Crippen LogP contribution in [0.3, 0.4) is 0 Å². The summed E-state index contributed by atoms with van der Waals surface area (Å²) in [5.74, 6) is 0.663. The van der Waals surface area contributed by atoms with Gasteiger partial charge in [-0.25, -0.2) is 4.98 Å². The molecule has 1 heterocycles. The number of aryl methyl sites for hydroxylation is 2. The van der Waals surface area contributed by atoms with Crippen molar-refractivity contribution in [3.05, 3.63) is 53.1 Å². The Morgan fingerprint density at radius 2 is 2.00 bits per heavy atom. The molecule has 0 aliphatic rings. The summed E-state index contributed by atoms with van der Waals surface area (Å²) in [5.41, 5.74) is 4.08. The van der Waals surface area contributed by atoms with Crippen LogP contribution < -0.4 is 0 Å². The van der Waals surface area contributed by atoms with Gasteiger partial charge in [0.1, 0.15) is 11.9 Å². The molecular formula is C15H20N2O. The Morgan fingerprint density at radius 3 is 2.61 bits per heavy atom. The Balaban J connectivity index is 1.89. The molecule has 2 aromatic rings. The molecule has 96 valence electrons. The van der Waals surface area contributed by atoms with Gasteiger partial charge in [0.15, 0.2) is 0 Å². The standard InChI is InChI=1S/C15H20N2O/c1-11-5-3-6-12(2)13(11)7-4-8-14(18)15-16-9-10-17-15/h3,5-6,9-10,14,18H,4,7-8H2,1-2H3,(H,16,17). The molecule has 3 heteroatoms. The van der Waals surface area contributed by atoms with Crippen LogP contribution in [0.1, 0.15) is 41.5 Å². The molecule has 2 rings (SSSR count). The van der Waals surface area contributed by atoms with Crippen molar-refractivity contribution in [2.75, 3.05) is 0 Å². The quantitative estimate of drug-likeness (QED) is 0.849. The van der Waals surface area contributed by atoms with Gasteiger partial charge in [0.05, 0.1) is 0 Å². The van der Waals surface area contributed by atoms with Gasteiger partial charge in [-0.15, -0.1) is 0 Å². The van der Waals surface area contributed by atoms with Crippen molar-refractivity contribution < 1.29 is 5.11 Å². The summed E-state index contributed by atoms with van der Waals surface area (Å²) in [6.45, 7) is 4.29. The molecule has 0 aliphatic heterocycles. The van der Waals surface area contributed by atoms with Crippen LogP contribution in [0, 0.1) is 13.8 Å². The Bertz CT molecular complexity index is 471. The second kappa shape index (κ2) is 5.83. The van der Waals surface area contributed by atoms with Crippen LogP contribution in [-0.2, 0) is 6.42 Å². The summed E-state index contributed by atoms with van der Waals surface area (Å²) in [4.78, 5) is 7.02. The summed E-state index contributed by atoms with van der Waals surface area (Å²) >= 11 is 0. The largest absolute Gasteiger partial charge is 0.385 e. The van der Waals surface area contributed by atoms with E-state index in [1.807, 2.05) is 0 Å². The van der Waals surface area contributed by atoms with Gasteiger partial charge in [0.2, 0.25) is 0 Å². The lowest BCUT2D eigenvalue weighted by Crippen LogP contribution is -2.02. The zero-order valence-electron chi connectivity index (χ0n) is 11.0. The SMILES string of the molecule is Cc1cccc(C)c1CCCC(O)c1ncc[nH]1. The topological polar surface area (TPSA) is 48.9 Å². The summed E-state index contributed by atoms with van der Waals surface area (Å²) < 4.78 is 0. The van der Waals surface area contributed by atoms with Gasteiger partial charge in [0.25, 0.3) is 0 Å². The van der Waals surface area contributed by atoms with Crippen molar-refractivity contribution in [2.24, 2.45) is 0 Å². The molecule has 18 heavy (non-hydrogen) atoms. The lowest BCUT2D eigenvalue weighted by Gasteiger charge is -2.11.